The summed E-state index contributed by atoms with van der Waals surface area (Å²) in [5.74, 6) is 0.247. The number of rotatable bonds is 8. The predicted octanol–water partition coefficient (Wildman–Crippen LogP) is 4.03. The zero-order chi connectivity index (χ0) is 21.7. The molecule has 0 fully saturated rings. The van der Waals surface area contributed by atoms with Crippen molar-refractivity contribution in [2.45, 2.75) is 32.6 Å². The van der Waals surface area contributed by atoms with Gasteiger partial charge in [0.15, 0.2) is 11.5 Å². The van der Waals surface area contributed by atoms with E-state index in [1.165, 1.54) is 0 Å². The average molecular weight is 410 g/mol. The molecule has 7 nitrogen and oxygen atoms in total. The number of carbonyl (C=O) groups excluding carboxylic acids is 2. The molecule has 0 saturated carbocycles. The molecule has 0 aliphatic carbocycles. The molecule has 0 aromatic heterocycles. The first-order valence-corrected chi connectivity index (χ1v) is 9.89. The van der Waals surface area contributed by atoms with Crippen molar-refractivity contribution in [3.8, 4) is 11.5 Å². The minimum atomic E-state index is -0.496. The largest absolute Gasteiger partial charge is 0.493 e. The Hall–Kier alpha value is -3.35. The van der Waals surface area contributed by atoms with Crippen LogP contribution in [0, 0.1) is 0 Å². The Morgan fingerprint density at radius 1 is 1.07 bits per heavy atom. The second-order valence-electron chi connectivity index (χ2n) is 6.82. The van der Waals surface area contributed by atoms with Crippen molar-refractivity contribution in [3.63, 3.8) is 0 Å². The van der Waals surface area contributed by atoms with Crippen LogP contribution in [0.2, 0.25) is 0 Å². The van der Waals surface area contributed by atoms with E-state index in [0.29, 0.717) is 30.2 Å². The molecule has 0 spiro atoms. The second kappa shape index (κ2) is 9.43. The van der Waals surface area contributed by atoms with Gasteiger partial charge in [0.25, 0.3) is 0 Å². The van der Waals surface area contributed by atoms with Crippen molar-refractivity contribution in [2.75, 3.05) is 26.1 Å². The van der Waals surface area contributed by atoms with E-state index < -0.39 is 5.92 Å². The van der Waals surface area contributed by atoms with E-state index in [1.54, 1.807) is 27.2 Å². The minimum absolute atomic E-state index is 0.125. The fraction of sp³-hybridized carbons (Fsp3) is 0.348. The molecule has 2 aromatic rings. The van der Waals surface area contributed by atoms with Gasteiger partial charge in [-0.3, -0.25) is 14.6 Å². The number of aliphatic imine (C=N–C) groups is 1. The van der Waals surface area contributed by atoms with E-state index in [2.05, 4.69) is 5.32 Å². The van der Waals surface area contributed by atoms with Gasteiger partial charge in [-0.2, -0.15) is 0 Å². The Labute approximate surface area is 176 Å². The highest BCUT2D eigenvalue weighted by Crippen LogP contribution is 2.42. The van der Waals surface area contributed by atoms with Gasteiger partial charge in [0.1, 0.15) is 5.92 Å². The van der Waals surface area contributed by atoms with Crippen molar-refractivity contribution in [1.82, 2.24) is 0 Å². The van der Waals surface area contributed by atoms with Crippen molar-refractivity contribution in [1.29, 1.82) is 0 Å². The van der Waals surface area contributed by atoms with Crippen LogP contribution in [0.15, 0.2) is 41.4 Å². The summed E-state index contributed by atoms with van der Waals surface area (Å²) in [6, 6.07) is 11.0. The van der Waals surface area contributed by atoms with E-state index in [4.69, 9.17) is 19.2 Å². The molecule has 1 aliphatic rings. The van der Waals surface area contributed by atoms with Gasteiger partial charge in [-0.25, -0.2) is 0 Å². The van der Waals surface area contributed by atoms with Gasteiger partial charge in [0.05, 0.1) is 32.9 Å². The number of fused-ring (bicyclic) bond motifs is 1. The lowest BCUT2D eigenvalue weighted by Crippen LogP contribution is -2.20. The molecular weight excluding hydrogens is 384 g/mol. The highest BCUT2D eigenvalue weighted by Gasteiger charge is 2.35. The summed E-state index contributed by atoms with van der Waals surface area (Å²) in [5.41, 5.74) is 3.84. The maximum absolute atomic E-state index is 12.7. The lowest BCUT2D eigenvalue weighted by atomic mass is 9.93. The Bertz CT molecular complexity index is 966. The maximum Gasteiger partial charge on any atom is 0.310 e. The van der Waals surface area contributed by atoms with Gasteiger partial charge in [0.2, 0.25) is 5.91 Å². The number of benzene rings is 2. The average Bonchev–Trinajstić information content (AvgIpc) is 3.06. The number of nitrogens with zero attached hydrogens (tertiary/aromatic N) is 1. The normalized spacial score (nSPS) is 15.4. The van der Waals surface area contributed by atoms with E-state index >= 15 is 0 Å². The van der Waals surface area contributed by atoms with E-state index in [0.717, 1.165) is 22.5 Å². The van der Waals surface area contributed by atoms with Crippen molar-refractivity contribution >= 4 is 29.0 Å². The summed E-state index contributed by atoms with van der Waals surface area (Å²) in [5, 5.41) is 2.91. The third kappa shape index (κ3) is 4.45. The number of esters is 1. The SMILES string of the molecule is CCOC(=O)Cc1ccc(N=C(CC)C2C(=O)Nc3cc(OC)c(OC)cc32)cc1. The summed E-state index contributed by atoms with van der Waals surface area (Å²) in [6.07, 6.45) is 0.828. The quantitative estimate of drug-likeness (QED) is 0.525. The second-order valence-corrected chi connectivity index (χ2v) is 6.82. The summed E-state index contributed by atoms with van der Waals surface area (Å²) < 4.78 is 15.7. The number of ether oxygens (including phenoxy) is 3. The zero-order valence-electron chi connectivity index (χ0n) is 17.7. The number of methoxy groups -OCH3 is 2. The van der Waals surface area contributed by atoms with Crippen molar-refractivity contribution < 1.29 is 23.8 Å². The summed E-state index contributed by atoms with van der Waals surface area (Å²) in [7, 11) is 3.12. The van der Waals surface area contributed by atoms with Crippen LogP contribution in [0.4, 0.5) is 11.4 Å². The highest BCUT2D eigenvalue weighted by atomic mass is 16.5. The van der Waals surface area contributed by atoms with E-state index in [1.807, 2.05) is 37.3 Å². The third-order valence-electron chi connectivity index (χ3n) is 4.95. The predicted molar refractivity (Wildman–Crippen MR) is 115 cm³/mol. The topological polar surface area (TPSA) is 86.2 Å². The van der Waals surface area contributed by atoms with Gasteiger partial charge >= 0.3 is 5.97 Å². The van der Waals surface area contributed by atoms with E-state index in [-0.39, 0.29) is 18.3 Å². The maximum atomic E-state index is 12.7. The molecule has 1 unspecified atom stereocenters. The monoisotopic (exact) mass is 410 g/mol. The van der Waals surface area contributed by atoms with E-state index in [9.17, 15) is 9.59 Å². The van der Waals surface area contributed by atoms with Gasteiger partial charge in [-0.15, -0.1) is 0 Å². The number of hydrogen-bond acceptors (Lipinski definition) is 6. The molecule has 3 rings (SSSR count). The molecular formula is C23H26N2O5. The number of carbonyl (C=O) groups is 2. The third-order valence-corrected chi connectivity index (χ3v) is 4.95. The summed E-state index contributed by atoms with van der Waals surface area (Å²) >= 11 is 0. The number of amides is 1. The Kier molecular flexibility index (Phi) is 6.72. The van der Waals surface area contributed by atoms with Crippen LogP contribution in [0.3, 0.4) is 0 Å². The summed E-state index contributed by atoms with van der Waals surface area (Å²) in [6.45, 7) is 4.12. The first-order chi connectivity index (χ1) is 14.5. The van der Waals surface area contributed by atoms with Gasteiger partial charge in [-0.1, -0.05) is 19.1 Å². The molecule has 1 N–H and O–H groups in total. The molecule has 158 valence electrons. The van der Waals surface area contributed by atoms with Gasteiger partial charge < -0.3 is 19.5 Å². The molecule has 30 heavy (non-hydrogen) atoms. The van der Waals surface area contributed by atoms with Crippen LogP contribution in [0.25, 0.3) is 0 Å². The fourth-order valence-corrected chi connectivity index (χ4v) is 3.50. The minimum Gasteiger partial charge on any atom is -0.493 e. The van der Waals surface area contributed by atoms with Crippen LogP contribution >= 0.6 is 0 Å². The number of anilines is 1. The molecule has 0 saturated heterocycles. The van der Waals surface area contributed by atoms with Crippen LogP contribution in [0.5, 0.6) is 11.5 Å². The molecule has 2 aromatic carbocycles. The molecule has 1 heterocycles. The first-order valence-electron chi connectivity index (χ1n) is 9.89. The fourth-order valence-electron chi connectivity index (χ4n) is 3.50. The molecule has 0 radical (unpaired) electrons. The lowest BCUT2D eigenvalue weighted by molar-refractivity contribution is -0.142. The van der Waals surface area contributed by atoms with Crippen LogP contribution in [-0.4, -0.2) is 38.4 Å². The standard InChI is InChI=1S/C23H26N2O5/c1-5-17(24-15-9-7-14(8-10-15)11-21(26)30-6-2)22-16-12-19(28-3)20(29-4)13-18(16)25-23(22)27/h7-10,12-13,22H,5-6,11H2,1-4H3,(H,25,27). The van der Waals surface area contributed by atoms with Crippen LogP contribution in [0.1, 0.15) is 37.3 Å². The molecule has 1 atom stereocenters. The van der Waals surface area contributed by atoms with Gasteiger partial charge in [-0.05, 0) is 42.7 Å². The Morgan fingerprint density at radius 3 is 2.33 bits per heavy atom. The lowest BCUT2D eigenvalue weighted by Gasteiger charge is -2.14. The van der Waals surface area contributed by atoms with Crippen molar-refractivity contribution in [2.24, 2.45) is 4.99 Å². The molecule has 1 amide bonds. The van der Waals surface area contributed by atoms with Crippen LogP contribution in [-0.2, 0) is 20.7 Å². The Morgan fingerprint density at radius 2 is 1.73 bits per heavy atom. The first kappa shape index (κ1) is 21.4. The zero-order valence-corrected chi connectivity index (χ0v) is 17.7. The van der Waals surface area contributed by atoms with Crippen LogP contribution < -0.4 is 14.8 Å². The number of nitrogens with one attached hydrogen (secondary N) is 1. The van der Waals surface area contributed by atoms with Gasteiger partial charge in [0, 0.05) is 17.5 Å². The summed E-state index contributed by atoms with van der Waals surface area (Å²) in [4.78, 5) is 29.1. The molecule has 7 heteroatoms. The molecule has 1 aliphatic heterocycles. The Balaban J connectivity index is 1.88. The molecule has 0 bridgehead atoms. The smallest absolute Gasteiger partial charge is 0.310 e. The van der Waals surface area contributed by atoms with Crippen molar-refractivity contribution in [3.05, 3.63) is 47.5 Å². The number of hydrogen-bond donors (Lipinski definition) is 1. The highest BCUT2D eigenvalue weighted by molar-refractivity contribution is 6.19.